The number of carbonyl (C=O) groups is 2. The number of anilines is 1. The SMILES string of the molecule is CCNC(=O)[C@@H]1CCCN(C(=O)Nc2scnc2C2CC2)C1. The molecule has 0 spiro atoms. The minimum atomic E-state index is -0.111. The van der Waals surface area contributed by atoms with Gasteiger partial charge < -0.3 is 10.2 Å². The number of likely N-dealkylation sites (tertiary alicyclic amines) is 1. The summed E-state index contributed by atoms with van der Waals surface area (Å²) in [7, 11) is 0. The molecule has 7 heteroatoms. The number of amides is 3. The highest BCUT2D eigenvalue weighted by molar-refractivity contribution is 7.14. The van der Waals surface area contributed by atoms with E-state index in [1.165, 1.54) is 11.3 Å². The molecule has 0 bridgehead atoms. The maximum absolute atomic E-state index is 12.4. The van der Waals surface area contributed by atoms with E-state index >= 15 is 0 Å². The minimum Gasteiger partial charge on any atom is -0.356 e. The Kier molecular flexibility index (Phi) is 4.61. The van der Waals surface area contributed by atoms with Gasteiger partial charge in [-0.15, -0.1) is 11.3 Å². The van der Waals surface area contributed by atoms with Gasteiger partial charge in [-0.3, -0.25) is 10.1 Å². The summed E-state index contributed by atoms with van der Waals surface area (Å²) in [6.07, 6.45) is 4.04. The number of nitrogens with one attached hydrogen (secondary N) is 2. The molecule has 1 saturated carbocycles. The van der Waals surface area contributed by atoms with Crippen molar-refractivity contribution in [2.75, 3.05) is 25.0 Å². The van der Waals surface area contributed by atoms with Crippen LogP contribution in [0.2, 0.25) is 0 Å². The summed E-state index contributed by atoms with van der Waals surface area (Å²) in [5.74, 6) is 0.478. The zero-order valence-electron chi connectivity index (χ0n) is 12.8. The van der Waals surface area contributed by atoms with E-state index < -0.39 is 0 Å². The molecule has 1 aliphatic heterocycles. The van der Waals surface area contributed by atoms with Crippen molar-refractivity contribution >= 4 is 28.3 Å². The number of carbonyl (C=O) groups excluding carboxylic acids is 2. The maximum Gasteiger partial charge on any atom is 0.322 e. The van der Waals surface area contributed by atoms with Gasteiger partial charge in [-0.05, 0) is 32.6 Å². The number of urea groups is 1. The molecule has 3 rings (SSSR count). The first kappa shape index (κ1) is 15.3. The molecule has 1 aromatic rings. The van der Waals surface area contributed by atoms with Gasteiger partial charge in [0.25, 0.3) is 0 Å². The highest BCUT2D eigenvalue weighted by Crippen LogP contribution is 2.43. The summed E-state index contributed by atoms with van der Waals surface area (Å²) in [5.41, 5.74) is 2.81. The van der Waals surface area contributed by atoms with Gasteiger partial charge in [0.2, 0.25) is 5.91 Å². The molecular weight excluding hydrogens is 300 g/mol. The van der Waals surface area contributed by atoms with E-state index in [2.05, 4.69) is 15.6 Å². The molecule has 1 aromatic heterocycles. The molecule has 120 valence electrons. The smallest absolute Gasteiger partial charge is 0.322 e. The van der Waals surface area contributed by atoms with Crippen molar-refractivity contribution in [1.29, 1.82) is 0 Å². The first-order chi connectivity index (χ1) is 10.7. The monoisotopic (exact) mass is 322 g/mol. The second kappa shape index (κ2) is 6.64. The van der Waals surface area contributed by atoms with Crippen LogP contribution in [-0.2, 0) is 4.79 Å². The summed E-state index contributed by atoms with van der Waals surface area (Å²) < 4.78 is 0. The topological polar surface area (TPSA) is 74.3 Å². The Bertz CT molecular complexity index is 555. The number of hydrogen-bond acceptors (Lipinski definition) is 4. The molecule has 2 N–H and O–H groups in total. The molecule has 1 atom stereocenters. The average molecular weight is 322 g/mol. The van der Waals surface area contributed by atoms with Gasteiger partial charge in [-0.25, -0.2) is 9.78 Å². The van der Waals surface area contributed by atoms with Crippen molar-refractivity contribution in [3.05, 3.63) is 11.2 Å². The third kappa shape index (κ3) is 3.40. The Morgan fingerprint density at radius 2 is 2.23 bits per heavy atom. The summed E-state index contributed by atoms with van der Waals surface area (Å²) in [6.45, 7) is 3.75. The number of nitrogens with zero attached hydrogens (tertiary/aromatic N) is 2. The van der Waals surface area contributed by atoms with Crippen molar-refractivity contribution < 1.29 is 9.59 Å². The fourth-order valence-electron chi connectivity index (χ4n) is 2.87. The predicted molar refractivity (Wildman–Crippen MR) is 86.1 cm³/mol. The molecule has 1 aliphatic carbocycles. The highest BCUT2D eigenvalue weighted by Gasteiger charge is 2.31. The average Bonchev–Trinajstić information content (AvgIpc) is 3.27. The lowest BCUT2D eigenvalue weighted by Gasteiger charge is -2.31. The van der Waals surface area contributed by atoms with Gasteiger partial charge in [-0.1, -0.05) is 0 Å². The molecule has 0 aromatic carbocycles. The predicted octanol–water partition coefficient (Wildman–Crippen LogP) is 2.40. The van der Waals surface area contributed by atoms with Crippen molar-refractivity contribution in [1.82, 2.24) is 15.2 Å². The van der Waals surface area contributed by atoms with E-state index in [0.717, 1.165) is 36.4 Å². The number of piperidine rings is 1. The largest absolute Gasteiger partial charge is 0.356 e. The second-order valence-corrected chi connectivity index (χ2v) is 6.81. The van der Waals surface area contributed by atoms with Crippen molar-refractivity contribution in [3.63, 3.8) is 0 Å². The van der Waals surface area contributed by atoms with Crippen LogP contribution in [0, 0.1) is 5.92 Å². The summed E-state index contributed by atoms with van der Waals surface area (Å²) in [4.78, 5) is 30.5. The van der Waals surface area contributed by atoms with Gasteiger partial charge in [0.15, 0.2) is 0 Å². The molecule has 0 unspecified atom stereocenters. The normalized spacial score (nSPS) is 21.5. The van der Waals surface area contributed by atoms with Crippen LogP contribution in [0.15, 0.2) is 5.51 Å². The molecule has 1 saturated heterocycles. The van der Waals surface area contributed by atoms with E-state index in [4.69, 9.17) is 0 Å². The van der Waals surface area contributed by atoms with E-state index in [0.29, 0.717) is 25.6 Å². The fraction of sp³-hybridized carbons (Fsp3) is 0.667. The van der Waals surface area contributed by atoms with Gasteiger partial charge in [0.1, 0.15) is 5.00 Å². The van der Waals surface area contributed by atoms with Crippen molar-refractivity contribution in [2.45, 2.75) is 38.5 Å². The van der Waals surface area contributed by atoms with Crippen LogP contribution in [0.5, 0.6) is 0 Å². The van der Waals surface area contributed by atoms with Crippen LogP contribution in [0.25, 0.3) is 0 Å². The van der Waals surface area contributed by atoms with Gasteiger partial charge in [0, 0.05) is 25.6 Å². The standard InChI is InChI=1S/C15H22N4O2S/c1-2-16-13(20)11-4-3-7-19(8-11)15(21)18-14-12(10-5-6-10)17-9-22-14/h9-11H,2-8H2,1H3,(H,16,20)(H,18,21)/t11-/m1/s1. The zero-order chi connectivity index (χ0) is 15.5. The Labute approximate surface area is 134 Å². The van der Waals surface area contributed by atoms with Gasteiger partial charge in [-0.2, -0.15) is 0 Å². The molecular formula is C15H22N4O2S. The first-order valence-corrected chi connectivity index (χ1v) is 8.84. The van der Waals surface area contributed by atoms with E-state index in [-0.39, 0.29) is 17.9 Å². The van der Waals surface area contributed by atoms with E-state index in [9.17, 15) is 9.59 Å². The summed E-state index contributed by atoms with van der Waals surface area (Å²) in [6, 6.07) is -0.111. The number of aromatic nitrogens is 1. The van der Waals surface area contributed by atoms with E-state index in [1.807, 2.05) is 6.92 Å². The molecule has 0 radical (unpaired) electrons. The lowest BCUT2D eigenvalue weighted by Crippen LogP contribution is -2.46. The first-order valence-electron chi connectivity index (χ1n) is 7.96. The third-order valence-corrected chi connectivity index (χ3v) is 4.97. The van der Waals surface area contributed by atoms with Crippen molar-refractivity contribution in [3.8, 4) is 0 Å². The quantitative estimate of drug-likeness (QED) is 0.894. The summed E-state index contributed by atoms with van der Waals surface area (Å²) in [5, 5.41) is 6.70. The molecule has 3 amide bonds. The van der Waals surface area contributed by atoms with Crippen LogP contribution < -0.4 is 10.6 Å². The molecule has 22 heavy (non-hydrogen) atoms. The van der Waals surface area contributed by atoms with Crippen LogP contribution in [0.4, 0.5) is 9.80 Å². The Morgan fingerprint density at radius 3 is 2.95 bits per heavy atom. The third-order valence-electron chi connectivity index (χ3n) is 4.21. The maximum atomic E-state index is 12.4. The highest BCUT2D eigenvalue weighted by atomic mass is 32.1. The number of rotatable bonds is 4. The zero-order valence-corrected chi connectivity index (χ0v) is 13.6. The second-order valence-electron chi connectivity index (χ2n) is 5.95. The minimum absolute atomic E-state index is 0.0523. The van der Waals surface area contributed by atoms with Crippen LogP contribution in [-0.4, -0.2) is 41.5 Å². The Morgan fingerprint density at radius 1 is 1.41 bits per heavy atom. The number of hydrogen-bond donors (Lipinski definition) is 2. The fourth-order valence-corrected chi connectivity index (χ4v) is 3.62. The van der Waals surface area contributed by atoms with E-state index in [1.54, 1.807) is 10.4 Å². The van der Waals surface area contributed by atoms with Gasteiger partial charge >= 0.3 is 6.03 Å². The van der Waals surface area contributed by atoms with Gasteiger partial charge in [0.05, 0.1) is 17.1 Å². The molecule has 2 aliphatic rings. The molecule has 6 nitrogen and oxygen atoms in total. The van der Waals surface area contributed by atoms with Crippen molar-refractivity contribution in [2.24, 2.45) is 5.92 Å². The Hall–Kier alpha value is -1.63. The molecule has 2 fully saturated rings. The van der Waals surface area contributed by atoms with Crippen LogP contribution >= 0.6 is 11.3 Å². The summed E-state index contributed by atoms with van der Waals surface area (Å²) >= 11 is 1.48. The van der Waals surface area contributed by atoms with Crippen LogP contribution in [0.3, 0.4) is 0 Å². The van der Waals surface area contributed by atoms with Crippen LogP contribution in [0.1, 0.15) is 44.2 Å². The lowest BCUT2D eigenvalue weighted by molar-refractivity contribution is -0.126. The Balaban J connectivity index is 1.59. The number of thiazole rings is 1. The lowest BCUT2D eigenvalue weighted by atomic mass is 9.97. The molecule has 2 heterocycles.